The number of hydrogen-bond acceptors (Lipinski definition) is 7. The zero-order valence-corrected chi connectivity index (χ0v) is 17.1. The molecule has 28 heavy (non-hydrogen) atoms. The maximum absolute atomic E-state index is 12.4. The Bertz CT molecular complexity index is 822. The number of methoxy groups -OCH3 is 1. The lowest BCUT2D eigenvalue weighted by atomic mass is 9.99. The fraction of sp³-hybridized carbons (Fsp3) is 0.526. The van der Waals surface area contributed by atoms with Gasteiger partial charge in [-0.3, -0.25) is 14.3 Å². The van der Waals surface area contributed by atoms with E-state index in [1.165, 1.54) is 18.9 Å². The number of esters is 1. The monoisotopic (exact) mass is 403 g/mol. The van der Waals surface area contributed by atoms with Gasteiger partial charge in [0, 0.05) is 24.0 Å². The second-order valence-electron chi connectivity index (χ2n) is 6.89. The van der Waals surface area contributed by atoms with Crippen LogP contribution in [0.1, 0.15) is 39.2 Å². The van der Waals surface area contributed by atoms with Crippen LogP contribution in [0.5, 0.6) is 0 Å². The van der Waals surface area contributed by atoms with Crippen LogP contribution in [0.15, 0.2) is 29.7 Å². The second kappa shape index (κ2) is 9.18. The Morgan fingerprint density at radius 2 is 2.18 bits per heavy atom. The van der Waals surface area contributed by atoms with Crippen molar-refractivity contribution in [1.82, 2.24) is 25.1 Å². The standard InChI is InChI=1S/C19H25N5O3S/c1-4-12(2)16(18(26)27-3)21-15(25)11-28-19-23-22-17(24(19)14-7-8-14)13-6-5-9-20-10-13/h5-6,9-10,12,14,16H,4,7-8,11H2,1-3H3,(H,21,25)/t12-,16-/m1/s1. The molecule has 0 radical (unpaired) electrons. The predicted molar refractivity (Wildman–Crippen MR) is 106 cm³/mol. The third-order valence-electron chi connectivity index (χ3n) is 4.81. The van der Waals surface area contributed by atoms with Crippen molar-refractivity contribution in [3.8, 4) is 11.4 Å². The second-order valence-corrected chi connectivity index (χ2v) is 7.83. The minimum atomic E-state index is -0.643. The summed E-state index contributed by atoms with van der Waals surface area (Å²) in [7, 11) is 1.33. The van der Waals surface area contributed by atoms with Crippen molar-refractivity contribution in [3.05, 3.63) is 24.5 Å². The van der Waals surface area contributed by atoms with Gasteiger partial charge in [-0.05, 0) is 30.9 Å². The van der Waals surface area contributed by atoms with Crippen LogP contribution in [0.4, 0.5) is 0 Å². The minimum Gasteiger partial charge on any atom is -0.467 e. The van der Waals surface area contributed by atoms with Crippen molar-refractivity contribution >= 4 is 23.6 Å². The van der Waals surface area contributed by atoms with Gasteiger partial charge < -0.3 is 10.1 Å². The fourth-order valence-corrected chi connectivity index (χ4v) is 3.69. The third kappa shape index (κ3) is 4.70. The molecule has 9 heteroatoms. The van der Waals surface area contributed by atoms with Crippen molar-refractivity contribution in [2.45, 2.75) is 50.4 Å². The molecule has 2 aromatic rings. The number of nitrogens with one attached hydrogen (secondary N) is 1. The number of pyridine rings is 1. The summed E-state index contributed by atoms with van der Waals surface area (Å²) in [5.74, 6) is 0.267. The smallest absolute Gasteiger partial charge is 0.328 e. The molecular formula is C19H25N5O3S. The summed E-state index contributed by atoms with van der Waals surface area (Å²) in [6, 6.07) is 3.53. The van der Waals surface area contributed by atoms with E-state index in [4.69, 9.17) is 4.74 Å². The third-order valence-corrected chi connectivity index (χ3v) is 5.76. The molecule has 150 valence electrons. The average molecular weight is 404 g/mol. The summed E-state index contributed by atoms with van der Waals surface area (Å²) in [4.78, 5) is 28.5. The van der Waals surface area contributed by atoms with E-state index in [2.05, 4.69) is 25.1 Å². The van der Waals surface area contributed by atoms with Gasteiger partial charge in [-0.1, -0.05) is 32.0 Å². The predicted octanol–water partition coefficient (Wildman–Crippen LogP) is 2.47. The highest BCUT2D eigenvalue weighted by Gasteiger charge is 2.31. The van der Waals surface area contributed by atoms with Crippen molar-refractivity contribution in [3.63, 3.8) is 0 Å². The first-order valence-corrected chi connectivity index (χ1v) is 10.4. The van der Waals surface area contributed by atoms with E-state index in [0.717, 1.165) is 30.7 Å². The zero-order valence-electron chi connectivity index (χ0n) is 16.3. The average Bonchev–Trinajstić information content (AvgIpc) is 3.48. The zero-order chi connectivity index (χ0) is 20.1. The molecular weight excluding hydrogens is 378 g/mol. The van der Waals surface area contributed by atoms with Crippen LogP contribution in [0.25, 0.3) is 11.4 Å². The minimum absolute atomic E-state index is 0.00583. The summed E-state index contributed by atoms with van der Waals surface area (Å²) in [6.45, 7) is 3.89. The number of thioether (sulfide) groups is 1. The molecule has 1 fully saturated rings. The van der Waals surface area contributed by atoms with Crippen LogP contribution in [0, 0.1) is 5.92 Å². The summed E-state index contributed by atoms with van der Waals surface area (Å²) in [6.07, 6.45) is 6.39. The van der Waals surface area contributed by atoms with Crippen molar-refractivity contribution in [1.29, 1.82) is 0 Å². The lowest BCUT2D eigenvalue weighted by molar-refractivity contribution is -0.146. The fourth-order valence-electron chi connectivity index (χ4n) is 2.87. The Morgan fingerprint density at radius 3 is 2.79 bits per heavy atom. The molecule has 3 rings (SSSR count). The molecule has 0 unspecified atom stereocenters. The van der Waals surface area contributed by atoms with Crippen LogP contribution in [0.3, 0.4) is 0 Å². The molecule has 0 aromatic carbocycles. The Hall–Kier alpha value is -2.42. The first kappa shape index (κ1) is 20.3. The molecule has 0 aliphatic heterocycles. The molecule has 1 saturated carbocycles. The topological polar surface area (TPSA) is 99.0 Å². The molecule has 1 aliphatic carbocycles. The number of carbonyl (C=O) groups excluding carboxylic acids is 2. The first-order valence-electron chi connectivity index (χ1n) is 9.40. The molecule has 0 spiro atoms. The van der Waals surface area contributed by atoms with Crippen molar-refractivity contribution < 1.29 is 14.3 Å². The van der Waals surface area contributed by atoms with Crippen molar-refractivity contribution in [2.24, 2.45) is 5.92 Å². The van der Waals surface area contributed by atoms with Gasteiger partial charge in [0.1, 0.15) is 6.04 Å². The van der Waals surface area contributed by atoms with Crippen LogP contribution >= 0.6 is 11.8 Å². The maximum atomic E-state index is 12.4. The van der Waals surface area contributed by atoms with Gasteiger partial charge in [-0.25, -0.2) is 4.79 Å². The van der Waals surface area contributed by atoms with E-state index in [1.807, 2.05) is 26.0 Å². The molecule has 2 aromatic heterocycles. The largest absolute Gasteiger partial charge is 0.467 e. The highest BCUT2D eigenvalue weighted by Crippen LogP contribution is 2.40. The van der Waals surface area contributed by atoms with Gasteiger partial charge in [0.2, 0.25) is 5.91 Å². The summed E-state index contributed by atoms with van der Waals surface area (Å²) >= 11 is 1.32. The Labute approximate surface area is 168 Å². The van der Waals surface area contributed by atoms with Gasteiger partial charge in [0.05, 0.1) is 12.9 Å². The number of amides is 1. The van der Waals surface area contributed by atoms with E-state index in [-0.39, 0.29) is 17.6 Å². The molecule has 2 heterocycles. The number of nitrogens with zero attached hydrogens (tertiary/aromatic N) is 4. The van der Waals surface area contributed by atoms with E-state index in [9.17, 15) is 9.59 Å². The molecule has 8 nitrogen and oxygen atoms in total. The SMILES string of the molecule is CC[C@@H](C)[C@@H](NC(=O)CSc1nnc(-c2cccnc2)n1C1CC1)C(=O)OC. The highest BCUT2D eigenvalue weighted by atomic mass is 32.2. The summed E-state index contributed by atoms with van der Waals surface area (Å²) in [5, 5.41) is 12.1. The van der Waals surface area contributed by atoms with E-state index >= 15 is 0 Å². The number of aromatic nitrogens is 4. The summed E-state index contributed by atoms with van der Waals surface area (Å²) < 4.78 is 6.90. The molecule has 1 aliphatic rings. The molecule has 2 atom stereocenters. The van der Waals surface area contributed by atoms with Gasteiger partial charge >= 0.3 is 5.97 Å². The molecule has 1 amide bonds. The van der Waals surface area contributed by atoms with Crippen LogP contribution < -0.4 is 5.32 Å². The van der Waals surface area contributed by atoms with E-state index in [0.29, 0.717) is 11.2 Å². The Kier molecular flexibility index (Phi) is 6.66. The quantitative estimate of drug-likeness (QED) is 0.507. The number of rotatable bonds is 9. The van der Waals surface area contributed by atoms with Crippen molar-refractivity contribution in [2.75, 3.05) is 12.9 Å². The number of carbonyl (C=O) groups is 2. The Balaban J connectivity index is 1.68. The lowest BCUT2D eigenvalue weighted by Gasteiger charge is -2.21. The number of hydrogen-bond donors (Lipinski definition) is 1. The van der Waals surface area contributed by atoms with Crippen LogP contribution in [0.2, 0.25) is 0 Å². The first-order chi connectivity index (χ1) is 13.5. The van der Waals surface area contributed by atoms with Crippen LogP contribution in [-0.4, -0.2) is 50.5 Å². The normalized spacial score (nSPS) is 15.7. The van der Waals surface area contributed by atoms with Gasteiger partial charge in [-0.2, -0.15) is 0 Å². The molecule has 0 bridgehead atoms. The number of ether oxygens (including phenoxy) is 1. The highest BCUT2D eigenvalue weighted by molar-refractivity contribution is 7.99. The van der Waals surface area contributed by atoms with E-state index in [1.54, 1.807) is 12.4 Å². The maximum Gasteiger partial charge on any atom is 0.328 e. The lowest BCUT2D eigenvalue weighted by Crippen LogP contribution is -2.46. The van der Waals surface area contributed by atoms with Gasteiger partial charge in [0.15, 0.2) is 11.0 Å². The van der Waals surface area contributed by atoms with Gasteiger partial charge in [0.25, 0.3) is 0 Å². The van der Waals surface area contributed by atoms with E-state index < -0.39 is 12.0 Å². The van der Waals surface area contributed by atoms with Gasteiger partial charge in [-0.15, -0.1) is 10.2 Å². The van der Waals surface area contributed by atoms with Crippen LogP contribution in [-0.2, 0) is 14.3 Å². The Morgan fingerprint density at radius 1 is 1.39 bits per heavy atom. The molecule has 1 N–H and O–H groups in total. The molecule has 0 saturated heterocycles. The summed E-state index contributed by atoms with van der Waals surface area (Å²) in [5.41, 5.74) is 0.903.